The Bertz CT molecular complexity index is 785. The summed E-state index contributed by atoms with van der Waals surface area (Å²) in [6, 6.07) is 7.08. The van der Waals surface area contributed by atoms with Crippen molar-refractivity contribution in [3.63, 3.8) is 0 Å². The number of tetrazole rings is 1. The molecular formula is C11H8ClN5O2. The van der Waals surface area contributed by atoms with E-state index >= 15 is 0 Å². The summed E-state index contributed by atoms with van der Waals surface area (Å²) < 4.78 is 6.07. The molecular weight excluding hydrogens is 270 g/mol. The smallest absolute Gasteiger partial charge is 0.411 e. The molecule has 1 amide bonds. The van der Waals surface area contributed by atoms with E-state index < -0.39 is 6.09 Å². The second kappa shape index (κ2) is 4.36. The Labute approximate surface area is 112 Å². The van der Waals surface area contributed by atoms with Crippen LogP contribution in [-0.2, 0) is 4.74 Å². The maximum atomic E-state index is 11.3. The molecule has 2 aromatic heterocycles. The molecule has 96 valence electrons. The molecule has 0 atom stereocenters. The van der Waals surface area contributed by atoms with Gasteiger partial charge in [-0.2, -0.15) is 4.52 Å². The first-order chi connectivity index (χ1) is 9.19. The second-order valence-corrected chi connectivity index (χ2v) is 4.23. The van der Waals surface area contributed by atoms with Gasteiger partial charge in [-0.1, -0.05) is 17.7 Å². The molecule has 0 bridgehead atoms. The fourth-order valence-electron chi connectivity index (χ4n) is 1.81. The molecule has 0 aliphatic heterocycles. The highest BCUT2D eigenvalue weighted by molar-refractivity contribution is 6.31. The zero-order chi connectivity index (χ0) is 13.4. The molecule has 8 heteroatoms. The van der Waals surface area contributed by atoms with E-state index in [2.05, 4.69) is 25.6 Å². The van der Waals surface area contributed by atoms with Crippen LogP contribution in [0.25, 0.3) is 16.6 Å². The third-order valence-electron chi connectivity index (χ3n) is 2.65. The van der Waals surface area contributed by atoms with Crippen molar-refractivity contribution in [2.75, 3.05) is 12.4 Å². The summed E-state index contributed by atoms with van der Waals surface area (Å²) in [4.78, 5) is 11.3. The number of carbonyl (C=O) groups is 1. The molecule has 3 aromatic rings. The number of carbonyl (C=O) groups excluding carboxylic acids is 1. The minimum Gasteiger partial charge on any atom is -0.453 e. The summed E-state index contributed by atoms with van der Waals surface area (Å²) in [7, 11) is 1.29. The van der Waals surface area contributed by atoms with E-state index in [1.54, 1.807) is 18.2 Å². The number of pyridine rings is 1. The Balaban J connectivity index is 2.29. The molecule has 19 heavy (non-hydrogen) atoms. The highest BCUT2D eigenvalue weighted by atomic mass is 35.5. The lowest BCUT2D eigenvalue weighted by Gasteiger charge is -2.07. The lowest BCUT2D eigenvalue weighted by atomic mass is 10.2. The number of amides is 1. The highest BCUT2D eigenvalue weighted by Crippen LogP contribution is 2.25. The largest absolute Gasteiger partial charge is 0.453 e. The van der Waals surface area contributed by atoms with Gasteiger partial charge in [0.15, 0.2) is 0 Å². The number of nitrogens with zero attached hydrogens (tertiary/aromatic N) is 4. The summed E-state index contributed by atoms with van der Waals surface area (Å²) in [6.07, 6.45) is -0.585. The van der Waals surface area contributed by atoms with Gasteiger partial charge in [-0.05, 0) is 28.6 Å². The quantitative estimate of drug-likeness (QED) is 0.737. The van der Waals surface area contributed by atoms with Crippen molar-refractivity contribution in [2.45, 2.75) is 0 Å². The van der Waals surface area contributed by atoms with Gasteiger partial charge in [-0.25, -0.2) is 4.79 Å². The maximum absolute atomic E-state index is 11.3. The Morgan fingerprint density at radius 2 is 2.26 bits per heavy atom. The van der Waals surface area contributed by atoms with Crippen LogP contribution < -0.4 is 5.32 Å². The molecule has 3 rings (SSSR count). The van der Waals surface area contributed by atoms with Gasteiger partial charge in [0.2, 0.25) is 5.65 Å². The third-order valence-corrected chi connectivity index (χ3v) is 2.89. The summed E-state index contributed by atoms with van der Waals surface area (Å²) in [5.41, 5.74) is 1.63. The van der Waals surface area contributed by atoms with Crippen molar-refractivity contribution in [2.24, 2.45) is 0 Å². The van der Waals surface area contributed by atoms with E-state index in [4.69, 9.17) is 11.6 Å². The van der Waals surface area contributed by atoms with Crippen molar-refractivity contribution in [1.29, 1.82) is 0 Å². The van der Waals surface area contributed by atoms with Crippen LogP contribution in [0.4, 0.5) is 10.5 Å². The number of hydrogen-bond donors (Lipinski definition) is 1. The fraction of sp³-hybridized carbons (Fsp3) is 0.0909. The second-order valence-electron chi connectivity index (χ2n) is 3.79. The molecule has 1 N–H and O–H groups in total. The van der Waals surface area contributed by atoms with Gasteiger partial charge in [-0.15, -0.1) is 5.10 Å². The van der Waals surface area contributed by atoms with Crippen LogP contribution in [0, 0.1) is 0 Å². The summed E-state index contributed by atoms with van der Waals surface area (Å²) in [6.45, 7) is 0. The van der Waals surface area contributed by atoms with Gasteiger partial charge in [0.25, 0.3) is 0 Å². The molecule has 0 saturated heterocycles. The van der Waals surface area contributed by atoms with Crippen molar-refractivity contribution in [3.05, 3.63) is 29.3 Å². The number of nitrogens with one attached hydrogen (secondary N) is 1. The minimum atomic E-state index is -0.585. The number of methoxy groups -OCH3 is 1. The van der Waals surface area contributed by atoms with Gasteiger partial charge in [0, 0.05) is 10.4 Å². The van der Waals surface area contributed by atoms with Gasteiger partial charge in [0.1, 0.15) is 0 Å². The van der Waals surface area contributed by atoms with E-state index in [-0.39, 0.29) is 0 Å². The van der Waals surface area contributed by atoms with Gasteiger partial charge < -0.3 is 4.74 Å². The number of halogens is 1. The molecule has 0 aliphatic rings. The summed E-state index contributed by atoms with van der Waals surface area (Å²) in [5.74, 6) is 0. The van der Waals surface area contributed by atoms with Crippen molar-refractivity contribution < 1.29 is 9.53 Å². The van der Waals surface area contributed by atoms with Gasteiger partial charge >= 0.3 is 6.09 Å². The number of hydrogen-bond acceptors (Lipinski definition) is 5. The molecule has 0 unspecified atom stereocenters. The van der Waals surface area contributed by atoms with Crippen molar-refractivity contribution in [3.8, 4) is 0 Å². The number of benzene rings is 1. The molecule has 0 spiro atoms. The Morgan fingerprint density at radius 3 is 3.05 bits per heavy atom. The summed E-state index contributed by atoms with van der Waals surface area (Å²) >= 11 is 5.96. The van der Waals surface area contributed by atoms with E-state index in [0.29, 0.717) is 16.4 Å². The van der Waals surface area contributed by atoms with Crippen molar-refractivity contribution in [1.82, 2.24) is 20.0 Å². The Hall–Kier alpha value is -2.41. The summed E-state index contributed by atoms with van der Waals surface area (Å²) in [5, 5.41) is 15.4. The molecule has 0 saturated carbocycles. The molecule has 2 heterocycles. The SMILES string of the molecule is COC(=O)Nc1cc2ccc(Cl)cc2n2nnnc12. The number of anilines is 1. The molecule has 1 aromatic carbocycles. The Morgan fingerprint density at radius 1 is 1.42 bits per heavy atom. The highest BCUT2D eigenvalue weighted by Gasteiger charge is 2.12. The standard InChI is InChI=1S/C11H8ClN5O2/c1-19-11(18)13-8-4-6-2-3-7(12)5-9(6)17-10(8)14-15-16-17/h2-5H,1H3,(H,13,18). The first-order valence-corrected chi connectivity index (χ1v) is 5.72. The van der Waals surface area contributed by atoms with Crippen LogP contribution in [0.15, 0.2) is 24.3 Å². The predicted molar refractivity (Wildman–Crippen MR) is 69.3 cm³/mol. The topological polar surface area (TPSA) is 81.4 Å². The van der Waals surface area contributed by atoms with E-state index in [1.165, 1.54) is 11.6 Å². The molecule has 0 aliphatic carbocycles. The van der Waals surface area contributed by atoms with Crippen LogP contribution in [0.5, 0.6) is 0 Å². The monoisotopic (exact) mass is 277 g/mol. The van der Waals surface area contributed by atoms with Crippen LogP contribution >= 0.6 is 11.6 Å². The third kappa shape index (κ3) is 1.93. The van der Waals surface area contributed by atoms with Crippen molar-refractivity contribution >= 4 is 39.9 Å². The van der Waals surface area contributed by atoms with Crippen LogP contribution in [0.2, 0.25) is 5.02 Å². The maximum Gasteiger partial charge on any atom is 0.411 e. The predicted octanol–water partition coefficient (Wildman–Crippen LogP) is 2.11. The first-order valence-electron chi connectivity index (χ1n) is 5.34. The number of rotatable bonds is 1. The van der Waals surface area contributed by atoms with Gasteiger partial charge in [-0.3, -0.25) is 5.32 Å². The fourth-order valence-corrected chi connectivity index (χ4v) is 1.98. The average Bonchev–Trinajstić information content (AvgIpc) is 2.89. The zero-order valence-electron chi connectivity index (χ0n) is 9.79. The lowest BCUT2D eigenvalue weighted by molar-refractivity contribution is 0.187. The molecule has 0 radical (unpaired) electrons. The van der Waals surface area contributed by atoms with Gasteiger partial charge in [0.05, 0.1) is 18.3 Å². The Kier molecular flexibility index (Phi) is 2.68. The normalized spacial score (nSPS) is 10.8. The molecule has 0 fully saturated rings. The van der Waals surface area contributed by atoms with Crippen LogP contribution in [0.3, 0.4) is 0 Å². The first kappa shape index (κ1) is 11.7. The lowest BCUT2D eigenvalue weighted by Crippen LogP contribution is -2.12. The van der Waals surface area contributed by atoms with Crippen LogP contribution in [0.1, 0.15) is 0 Å². The van der Waals surface area contributed by atoms with E-state index in [1.807, 2.05) is 6.07 Å². The zero-order valence-corrected chi connectivity index (χ0v) is 10.5. The minimum absolute atomic E-state index is 0.417. The molecule has 7 nitrogen and oxygen atoms in total. The number of fused-ring (bicyclic) bond motifs is 3. The average molecular weight is 278 g/mol. The van der Waals surface area contributed by atoms with Crippen LogP contribution in [-0.4, -0.2) is 33.2 Å². The number of aromatic nitrogens is 4. The number of ether oxygens (including phenoxy) is 1. The van der Waals surface area contributed by atoms with E-state index in [9.17, 15) is 4.79 Å². The van der Waals surface area contributed by atoms with E-state index in [0.717, 1.165) is 10.9 Å².